The molecule has 188 valence electrons. The number of nitrogens with two attached hydrogens (primary N) is 1. The number of anilines is 1. The Bertz CT molecular complexity index is 1520. The van der Waals surface area contributed by atoms with Crippen LogP contribution in [0.5, 0.6) is 0 Å². The minimum atomic E-state index is -2.43. The molecule has 1 aliphatic rings. The molecule has 36 heavy (non-hydrogen) atoms. The summed E-state index contributed by atoms with van der Waals surface area (Å²) >= 11 is 0. The first-order chi connectivity index (χ1) is 17.2. The summed E-state index contributed by atoms with van der Waals surface area (Å²) in [6, 6.07) is 7.72. The van der Waals surface area contributed by atoms with Crippen molar-refractivity contribution in [1.82, 2.24) is 19.9 Å². The molecule has 0 spiro atoms. The zero-order valence-corrected chi connectivity index (χ0v) is 21.4. The van der Waals surface area contributed by atoms with Gasteiger partial charge in [0.1, 0.15) is 17.8 Å². The van der Waals surface area contributed by atoms with Gasteiger partial charge in [-0.3, -0.25) is 9.00 Å². The van der Waals surface area contributed by atoms with E-state index in [-0.39, 0.29) is 5.91 Å². The van der Waals surface area contributed by atoms with Gasteiger partial charge in [0, 0.05) is 35.5 Å². The van der Waals surface area contributed by atoms with Crippen LogP contribution in [0.3, 0.4) is 0 Å². The largest absolute Gasteiger partial charge is 0.383 e. The van der Waals surface area contributed by atoms with Crippen molar-refractivity contribution in [3.8, 4) is 11.3 Å². The third-order valence-corrected chi connectivity index (χ3v) is 9.64. The lowest BCUT2D eigenvalue weighted by Crippen LogP contribution is -2.26. The quantitative estimate of drug-likeness (QED) is 0.374. The molecule has 0 bridgehead atoms. The van der Waals surface area contributed by atoms with Crippen molar-refractivity contribution in [3.63, 3.8) is 0 Å². The number of benzene rings is 1. The Hall–Kier alpha value is -3.72. The Morgan fingerprint density at radius 2 is 1.92 bits per heavy atom. The monoisotopic (exact) mass is 507 g/mol. The Labute approximate surface area is 210 Å². The van der Waals surface area contributed by atoms with E-state index in [1.807, 2.05) is 49.7 Å². The number of rotatable bonds is 7. The van der Waals surface area contributed by atoms with Gasteiger partial charge in [0.2, 0.25) is 5.91 Å². The van der Waals surface area contributed by atoms with Gasteiger partial charge < -0.3 is 15.6 Å². The van der Waals surface area contributed by atoms with Gasteiger partial charge in [0.15, 0.2) is 6.17 Å². The molecule has 1 amide bonds. The molecule has 9 heteroatoms. The molecule has 3 N–H and O–H groups in total. The molecule has 1 atom stereocenters. The van der Waals surface area contributed by atoms with Gasteiger partial charge in [0.05, 0.1) is 11.1 Å². The maximum atomic E-state index is 15.5. The van der Waals surface area contributed by atoms with E-state index in [1.165, 1.54) is 18.5 Å². The average molecular weight is 508 g/mol. The third-order valence-electron chi connectivity index (χ3n) is 6.55. The fourth-order valence-electron chi connectivity index (χ4n) is 4.53. The maximum Gasteiger partial charge on any atom is 0.243 e. The van der Waals surface area contributed by atoms with Crippen molar-refractivity contribution in [2.45, 2.75) is 26.6 Å². The highest BCUT2D eigenvalue weighted by Crippen LogP contribution is 2.40. The average Bonchev–Trinajstić information content (AvgIpc) is 3.20. The molecule has 0 fully saturated rings. The second-order valence-corrected chi connectivity index (χ2v) is 11.8. The number of nitrogens with one attached hydrogen (secondary N) is 1. The number of nitrogens with zero attached hydrogens (tertiary/aromatic N) is 3. The molecule has 4 rings (SSSR count). The SMILES string of the molecule is C=CC(=O)NCc1ccc(-c2c(C3=CC(F)C(=S(=O)(CC)CC)C=C3)c3c(N)ncnc3n2C)cc1. The van der Waals surface area contributed by atoms with Crippen LogP contribution in [0.15, 0.2) is 61.5 Å². The van der Waals surface area contributed by atoms with Gasteiger partial charge in [-0.1, -0.05) is 50.8 Å². The number of amides is 1. The van der Waals surface area contributed by atoms with E-state index in [0.717, 1.165) is 22.4 Å². The number of aromatic nitrogens is 3. The van der Waals surface area contributed by atoms with Crippen LogP contribution in [-0.2, 0) is 27.9 Å². The molecule has 0 saturated heterocycles. The van der Waals surface area contributed by atoms with Crippen LogP contribution >= 0.6 is 0 Å². The lowest BCUT2D eigenvalue weighted by Gasteiger charge is -2.19. The van der Waals surface area contributed by atoms with Gasteiger partial charge in [0.25, 0.3) is 0 Å². The van der Waals surface area contributed by atoms with E-state index in [2.05, 4.69) is 21.9 Å². The number of alkyl halides is 1. The zero-order valence-electron chi connectivity index (χ0n) is 20.6. The highest BCUT2D eigenvalue weighted by atomic mass is 32.2. The highest BCUT2D eigenvalue weighted by Gasteiger charge is 2.27. The first kappa shape index (κ1) is 25.4. The normalized spacial score (nSPS) is 15.7. The number of carbonyl (C=O) groups excluding carboxylic acids is 1. The molecule has 1 aromatic carbocycles. The standard InChI is InChI=1S/C27H30FN5O2S/c1-5-22(34)30-15-17-8-10-18(11-9-17)25-23(24-26(29)31-16-32-27(24)33(25)4)19-12-13-21(20(28)14-19)36(35,6-2)7-3/h5,8-14,16,20H,1,6-7,15H2,2-4H3,(H,30,34)(H2,29,31,32). The molecule has 1 unspecified atom stereocenters. The molecule has 0 saturated carbocycles. The predicted molar refractivity (Wildman–Crippen MR) is 147 cm³/mol. The Morgan fingerprint density at radius 3 is 2.53 bits per heavy atom. The summed E-state index contributed by atoms with van der Waals surface area (Å²) in [6.07, 6.45) is 6.13. The summed E-state index contributed by atoms with van der Waals surface area (Å²) in [5.41, 5.74) is 10.9. The van der Waals surface area contributed by atoms with Crippen molar-refractivity contribution in [3.05, 3.63) is 72.6 Å². The van der Waals surface area contributed by atoms with Crippen molar-refractivity contribution >= 4 is 42.7 Å². The summed E-state index contributed by atoms with van der Waals surface area (Å²) in [5.74, 6) is 0.845. The summed E-state index contributed by atoms with van der Waals surface area (Å²) < 4.78 is 30.6. The molecular formula is C27H30FN5O2S. The maximum absolute atomic E-state index is 15.5. The zero-order chi connectivity index (χ0) is 26.0. The highest BCUT2D eigenvalue weighted by molar-refractivity contribution is 8.02. The minimum absolute atomic E-state index is 0.243. The molecule has 0 radical (unpaired) electrons. The van der Waals surface area contributed by atoms with Crippen LogP contribution in [0.25, 0.3) is 27.9 Å². The smallest absolute Gasteiger partial charge is 0.243 e. The van der Waals surface area contributed by atoms with Crippen molar-refractivity contribution in [1.29, 1.82) is 0 Å². The van der Waals surface area contributed by atoms with Crippen LogP contribution in [0.1, 0.15) is 25.0 Å². The first-order valence-electron chi connectivity index (χ1n) is 11.7. The Morgan fingerprint density at radius 1 is 1.22 bits per heavy atom. The van der Waals surface area contributed by atoms with Crippen molar-refractivity contribution in [2.24, 2.45) is 7.05 Å². The number of halogens is 1. The fourth-order valence-corrected chi connectivity index (χ4v) is 6.40. The van der Waals surface area contributed by atoms with E-state index in [0.29, 0.717) is 45.3 Å². The molecule has 0 aliphatic heterocycles. The topological polar surface area (TPSA) is 103 Å². The van der Waals surface area contributed by atoms with E-state index < -0.39 is 15.7 Å². The molecule has 1 aliphatic carbocycles. The van der Waals surface area contributed by atoms with Gasteiger partial charge in [-0.25, -0.2) is 14.4 Å². The third kappa shape index (κ3) is 4.46. The summed E-state index contributed by atoms with van der Waals surface area (Å²) in [5, 5.41) is 3.39. The van der Waals surface area contributed by atoms with E-state index in [4.69, 9.17) is 5.73 Å². The number of aryl methyl sites for hydroxylation is 1. The van der Waals surface area contributed by atoms with Gasteiger partial charge >= 0.3 is 0 Å². The van der Waals surface area contributed by atoms with Gasteiger partial charge in [-0.05, 0) is 44.4 Å². The second kappa shape index (κ2) is 10.1. The lowest BCUT2D eigenvalue weighted by atomic mass is 9.94. The number of hydrogen-bond donors (Lipinski definition) is 2. The summed E-state index contributed by atoms with van der Waals surface area (Å²) in [7, 11) is -0.549. The van der Waals surface area contributed by atoms with Gasteiger partial charge in [-0.15, -0.1) is 0 Å². The van der Waals surface area contributed by atoms with Crippen molar-refractivity contribution in [2.75, 3.05) is 17.2 Å². The first-order valence-corrected chi connectivity index (χ1v) is 13.6. The second-order valence-electron chi connectivity index (χ2n) is 8.51. The van der Waals surface area contributed by atoms with Crippen LogP contribution in [0, 0.1) is 0 Å². The van der Waals surface area contributed by atoms with Crippen LogP contribution in [0.2, 0.25) is 0 Å². The van der Waals surface area contributed by atoms with Crippen LogP contribution in [0.4, 0.5) is 10.2 Å². The summed E-state index contributed by atoms with van der Waals surface area (Å²) in [6.45, 7) is 7.48. The predicted octanol–water partition coefficient (Wildman–Crippen LogP) is 3.81. The number of nitrogen functional groups attached to an aromatic ring is 1. The fraction of sp³-hybridized carbons (Fsp3) is 0.259. The van der Waals surface area contributed by atoms with Crippen LogP contribution in [-0.4, -0.2) is 47.2 Å². The Kier molecular flexibility index (Phi) is 7.12. The van der Waals surface area contributed by atoms with Crippen molar-refractivity contribution < 1.29 is 13.4 Å². The number of allylic oxidation sites excluding steroid dienone is 4. The van der Waals surface area contributed by atoms with Gasteiger partial charge in [-0.2, -0.15) is 0 Å². The molecule has 3 aromatic rings. The van der Waals surface area contributed by atoms with E-state index in [1.54, 1.807) is 12.2 Å². The molecule has 2 heterocycles. The summed E-state index contributed by atoms with van der Waals surface area (Å²) in [4.78, 5) is 20.4. The number of carbonyl (C=O) groups is 1. The molecular weight excluding hydrogens is 477 g/mol. The number of fused-ring (bicyclic) bond motifs is 1. The van der Waals surface area contributed by atoms with Crippen LogP contribution < -0.4 is 11.1 Å². The minimum Gasteiger partial charge on any atom is -0.383 e. The number of hydrogen-bond acceptors (Lipinski definition) is 5. The van der Waals surface area contributed by atoms with E-state index in [9.17, 15) is 9.00 Å². The molecule has 2 aromatic heterocycles. The lowest BCUT2D eigenvalue weighted by molar-refractivity contribution is -0.116. The Balaban J connectivity index is 1.87. The van der Waals surface area contributed by atoms with E-state index >= 15 is 4.39 Å². The molecule has 7 nitrogen and oxygen atoms in total.